The molecule has 4 fully saturated rings. The molecular formula is C22H33NO4. The molecule has 3 heterocycles. The van der Waals surface area contributed by atoms with Crippen molar-refractivity contribution in [3.8, 4) is 0 Å². The van der Waals surface area contributed by atoms with Crippen LogP contribution in [0.15, 0.2) is 11.6 Å². The van der Waals surface area contributed by atoms with Crippen LogP contribution < -0.4 is 0 Å². The number of fused-ring (bicyclic) bond motifs is 2. The number of carbonyl (C=O) groups excluding carboxylic acids is 1. The molecule has 2 aliphatic carbocycles. The first-order valence-electron chi connectivity index (χ1n) is 10.9. The molecule has 5 rings (SSSR count). The minimum atomic E-state index is -0.346. The summed E-state index contributed by atoms with van der Waals surface area (Å²) in [6, 6.07) is 0. The van der Waals surface area contributed by atoms with Crippen LogP contribution in [0.3, 0.4) is 0 Å². The van der Waals surface area contributed by atoms with E-state index >= 15 is 0 Å². The third-order valence-corrected chi connectivity index (χ3v) is 7.97. The third kappa shape index (κ3) is 3.06. The topological polar surface area (TPSA) is 48.0 Å². The van der Waals surface area contributed by atoms with Gasteiger partial charge in [0.1, 0.15) is 6.10 Å². The molecule has 0 bridgehead atoms. The summed E-state index contributed by atoms with van der Waals surface area (Å²) >= 11 is 0. The third-order valence-electron chi connectivity index (χ3n) is 7.97. The monoisotopic (exact) mass is 375 g/mol. The van der Waals surface area contributed by atoms with E-state index in [-0.39, 0.29) is 35.1 Å². The fourth-order valence-corrected chi connectivity index (χ4v) is 6.40. The Morgan fingerprint density at radius 2 is 1.93 bits per heavy atom. The number of nitrogens with zero attached hydrogens (tertiary/aromatic N) is 1. The Morgan fingerprint density at radius 1 is 1.19 bits per heavy atom. The van der Waals surface area contributed by atoms with Gasteiger partial charge in [-0.25, -0.2) is 0 Å². The normalized spacial score (nSPS) is 43.9. The number of hydrogen-bond acceptors (Lipinski definition) is 5. The summed E-state index contributed by atoms with van der Waals surface area (Å²) in [4.78, 5) is 15.1. The van der Waals surface area contributed by atoms with Crippen molar-refractivity contribution >= 4 is 5.97 Å². The van der Waals surface area contributed by atoms with Gasteiger partial charge in [-0.05, 0) is 30.6 Å². The van der Waals surface area contributed by atoms with E-state index in [0.717, 1.165) is 38.9 Å². The molecule has 3 aliphatic heterocycles. The molecule has 0 radical (unpaired) electrons. The standard InChI is InChI=1S/C22H33NO4/c1-15-4-3-5-21(2)13-19-16(12-18(15)21)17(20(24)27-19)14-23-8-6-22(7-9-23)25-10-11-26-22/h12,15-17,19H,3-11,13-14H2,1-2H3/t15-,16+,17+,19+,21+/m0/s1. The highest BCUT2D eigenvalue weighted by molar-refractivity contribution is 5.76. The Morgan fingerprint density at radius 3 is 2.67 bits per heavy atom. The lowest BCUT2D eigenvalue weighted by molar-refractivity contribution is -0.186. The summed E-state index contributed by atoms with van der Waals surface area (Å²) in [5.41, 5.74) is 1.84. The fourth-order valence-electron chi connectivity index (χ4n) is 6.40. The Labute approximate surface area is 162 Å². The molecule has 5 heteroatoms. The molecule has 3 saturated heterocycles. The van der Waals surface area contributed by atoms with Crippen molar-refractivity contribution in [2.45, 2.75) is 64.3 Å². The molecule has 1 saturated carbocycles. The van der Waals surface area contributed by atoms with Crippen LogP contribution in [0.4, 0.5) is 0 Å². The van der Waals surface area contributed by atoms with Gasteiger partial charge in [-0.1, -0.05) is 31.9 Å². The Hall–Kier alpha value is -0.910. The first-order chi connectivity index (χ1) is 13.0. The van der Waals surface area contributed by atoms with Crippen molar-refractivity contribution in [1.82, 2.24) is 4.90 Å². The number of rotatable bonds is 2. The Kier molecular flexibility index (Phi) is 4.41. The quantitative estimate of drug-likeness (QED) is 0.548. The van der Waals surface area contributed by atoms with E-state index < -0.39 is 0 Å². The maximum Gasteiger partial charge on any atom is 0.311 e. The zero-order valence-corrected chi connectivity index (χ0v) is 16.7. The van der Waals surface area contributed by atoms with Crippen molar-refractivity contribution in [2.24, 2.45) is 23.2 Å². The van der Waals surface area contributed by atoms with Gasteiger partial charge in [-0.2, -0.15) is 0 Å². The van der Waals surface area contributed by atoms with Crippen LogP contribution in [-0.4, -0.2) is 55.6 Å². The molecule has 0 N–H and O–H groups in total. The van der Waals surface area contributed by atoms with Gasteiger partial charge in [0.05, 0.1) is 19.1 Å². The van der Waals surface area contributed by atoms with Crippen molar-refractivity contribution in [2.75, 3.05) is 32.8 Å². The molecule has 0 aromatic carbocycles. The van der Waals surface area contributed by atoms with E-state index in [2.05, 4.69) is 24.8 Å². The van der Waals surface area contributed by atoms with Gasteiger partial charge >= 0.3 is 5.97 Å². The second-order valence-electron chi connectivity index (χ2n) is 9.75. The van der Waals surface area contributed by atoms with E-state index in [9.17, 15) is 4.79 Å². The molecule has 27 heavy (non-hydrogen) atoms. The minimum Gasteiger partial charge on any atom is -0.461 e. The lowest BCUT2D eigenvalue weighted by Gasteiger charge is -2.46. The molecule has 0 aromatic heterocycles. The first kappa shape index (κ1) is 18.1. The number of allylic oxidation sites excluding steroid dienone is 1. The largest absolute Gasteiger partial charge is 0.461 e. The molecule has 5 nitrogen and oxygen atoms in total. The second-order valence-corrected chi connectivity index (χ2v) is 9.75. The average Bonchev–Trinajstić information content (AvgIpc) is 3.20. The highest BCUT2D eigenvalue weighted by Gasteiger charge is 2.52. The number of esters is 1. The highest BCUT2D eigenvalue weighted by atomic mass is 16.7. The van der Waals surface area contributed by atoms with E-state index in [0.29, 0.717) is 19.1 Å². The molecule has 0 unspecified atom stereocenters. The zero-order chi connectivity index (χ0) is 18.6. The summed E-state index contributed by atoms with van der Waals surface area (Å²) in [5.74, 6) is 0.566. The highest BCUT2D eigenvalue weighted by Crippen LogP contribution is 2.54. The SMILES string of the molecule is C[C@H]1CCC[C@]2(C)C[C@H]3OC(=O)[C@H](CN4CCC5(CC4)OCCO5)[C@H]3C=C12. The van der Waals surface area contributed by atoms with Crippen LogP contribution in [0.5, 0.6) is 0 Å². The smallest absolute Gasteiger partial charge is 0.311 e. The van der Waals surface area contributed by atoms with Gasteiger partial charge in [0.25, 0.3) is 0 Å². The van der Waals surface area contributed by atoms with Crippen LogP contribution in [-0.2, 0) is 19.0 Å². The van der Waals surface area contributed by atoms with Crippen molar-refractivity contribution in [1.29, 1.82) is 0 Å². The molecule has 0 amide bonds. The van der Waals surface area contributed by atoms with Crippen LogP contribution in [0.1, 0.15) is 52.4 Å². The van der Waals surface area contributed by atoms with Crippen molar-refractivity contribution in [3.63, 3.8) is 0 Å². The Bertz CT molecular complexity index is 630. The van der Waals surface area contributed by atoms with Gasteiger partial charge in [0.2, 0.25) is 0 Å². The molecule has 5 aliphatic rings. The van der Waals surface area contributed by atoms with E-state index in [1.165, 1.54) is 19.3 Å². The molecule has 5 atom stereocenters. The van der Waals surface area contributed by atoms with Crippen LogP contribution in [0.25, 0.3) is 0 Å². The van der Waals surface area contributed by atoms with E-state index in [1.807, 2.05) is 0 Å². The lowest BCUT2D eigenvalue weighted by atomic mass is 9.59. The van der Waals surface area contributed by atoms with Gasteiger partial charge in [-0.15, -0.1) is 0 Å². The zero-order valence-electron chi connectivity index (χ0n) is 16.7. The van der Waals surface area contributed by atoms with Crippen LogP contribution in [0, 0.1) is 23.2 Å². The molecule has 0 aromatic rings. The summed E-state index contributed by atoms with van der Waals surface area (Å²) in [5, 5.41) is 0. The second kappa shape index (κ2) is 6.57. The van der Waals surface area contributed by atoms with E-state index in [4.69, 9.17) is 14.2 Å². The number of likely N-dealkylation sites (tertiary alicyclic amines) is 1. The first-order valence-corrected chi connectivity index (χ1v) is 10.9. The van der Waals surface area contributed by atoms with Gasteiger partial charge in [0, 0.05) is 38.4 Å². The predicted molar refractivity (Wildman–Crippen MR) is 101 cm³/mol. The summed E-state index contributed by atoms with van der Waals surface area (Å²) in [7, 11) is 0. The number of carbonyl (C=O) groups is 1. The summed E-state index contributed by atoms with van der Waals surface area (Å²) in [6.07, 6.45) is 9.18. The maximum absolute atomic E-state index is 12.7. The lowest BCUT2D eigenvalue weighted by Crippen LogP contribution is -2.47. The van der Waals surface area contributed by atoms with Crippen molar-refractivity contribution < 1.29 is 19.0 Å². The van der Waals surface area contributed by atoms with Crippen LogP contribution >= 0.6 is 0 Å². The number of ether oxygens (including phenoxy) is 3. The van der Waals surface area contributed by atoms with E-state index in [1.54, 1.807) is 5.57 Å². The molecule has 1 spiro atoms. The summed E-state index contributed by atoms with van der Waals surface area (Å²) in [6.45, 7) is 8.86. The summed E-state index contributed by atoms with van der Waals surface area (Å²) < 4.78 is 17.6. The van der Waals surface area contributed by atoms with Gasteiger partial charge in [-0.3, -0.25) is 4.79 Å². The van der Waals surface area contributed by atoms with Crippen LogP contribution in [0.2, 0.25) is 0 Å². The number of hydrogen-bond donors (Lipinski definition) is 0. The maximum atomic E-state index is 12.7. The van der Waals surface area contributed by atoms with Gasteiger partial charge < -0.3 is 19.1 Å². The van der Waals surface area contributed by atoms with Crippen molar-refractivity contribution in [3.05, 3.63) is 11.6 Å². The fraction of sp³-hybridized carbons (Fsp3) is 0.864. The molecule has 150 valence electrons. The predicted octanol–water partition coefficient (Wildman–Crippen LogP) is 3.14. The average molecular weight is 376 g/mol. The number of piperidine rings is 1. The minimum absolute atomic E-state index is 0.0133. The Balaban J connectivity index is 1.30. The van der Waals surface area contributed by atoms with Gasteiger partial charge in [0.15, 0.2) is 5.79 Å². The molecular weight excluding hydrogens is 342 g/mol.